The van der Waals surface area contributed by atoms with Gasteiger partial charge in [0.1, 0.15) is 11.5 Å². The van der Waals surface area contributed by atoms with Gasteiger partial charge in [-0.25, -0.2) is 4.98 Å². The lowest BCUT2D eigenvalue weighted by Gasteiger charge is -2.10. The van der Waals surface area contributed by atoms with E-state index in [4.69, 9.17) is 9.15 Å². The number of hydrogen-bond donors (Lipinski definition) is 1. The molecule has 3 aromatic rings. The highest BCUT2D eigenvalue weighted by molar-refractivity contribution is 7.13. The van der Waals surface area contributed by atoms with Gasteiger partial charge in [-0.2, -0.15) is 0 Å². The lowest BCUT2D eigenvalue weighted by Crippen LogP contribution is -2.24. The van der Waals surface area contributed by atoms with Crippen LogP contribution in [0, 0.1) is 6.92 Å². The molecule has 0 aliphatic rings. The van der Waals surface area contributed by atoms with Crippen molar-refractivity contribution in [2.24, 2.45) is 0 Å². The highest BCUT2D eigenvalue weighted by Gasteiger charge is 2.11. The molecular weight excluding hydrogens is 348 g/mol. The summed E-state index contributed by atoms with van der Waals surface area (Å²) in [6.07, 6.45) is 0.402. The summed E-state index contributed by atoms with van der Waals surface area (Å²) in [5, 5.41) is 5.61. The van der Waals surface area contributed by atoms with E-state index in [1.165, 1.54) is 11.3 Å². The number of carbonyl (C=O) groups is 1. The summed E-state index contributed by atoms with van der Waals surface area (Å²) < 4.78 is 11.2. The monoisotopic (exact) mass is 370 g/mol. The molecule has 0 spiro atoms. The second kappa shape index (κ2) is 8.19. The van der Waals surface area contributed by atoms with Crippen LogP contribution in [0.3, 0.4) is 0 Å². The molecule has 0 saturated carbocycles. The first-order chi connectivity index (χ1) is 12.5. The average molecular weight is 370 g/mol. The summed E-state index contributed by atoms with van der Waals surface area (Å²) in [7, 11) is 0. The fourth-order valence-corrected chi connectivity index (χ4v) is 3.22. The molecule has 1 amide bonds. The SMILES string of the molecule is Cc1ccc(-c2nc(CC(=O)NCc3ccc(OC(C)C)cc3)cs2)o1. The van der Waals surface area contributed by atoms with Crippen molar-refractivity contribution in [2.45, 2.75) is 39.8 Å². The predicted octanol–water partition coefficient (Wildman–Crippen LogP) is 4.36. The number of aromatic nitrogens is 1. The molecule has 0 aliphatic heterocycles. The van der Waals surface area contributed by atoms with Crippen molar-refractivity contribution in [3.8, 4) is 16.5 Å². The Morgan fingerprint density at radius 3 is 2.65 bits per heavy atom. The lowest BCUT2D eigenvalue weighted by atomic mass is 10.2. The molecule has 26 heavy (non-hydrogen) atoms. The Bertz CT molecular complexity index is 865. The van der Waals surface area contributed by atoms with Gasteiger partial charge in [0.15, 0.2) is 10.8 Å². The van der Waals surface area contributed by atoms with E-state index in [2.05, 4.69) is 10.3 Å². The fourth-order valence-electron chi connectivity index (χ4n) is 2.44. The van der Waals surface area contributed by atoms with Gasteiger partial charge in [0.05, 0.1) is 18.2 Å². The minimum Gasteiger partial charge on any atom is -0.491 e. The molecule has 6 heteroatoms. The zero-order valence-electron chi connectivity index (χ0n) is 15.1. The van der Waals surface area contributed by atoms with Crippen molar-refractivity contribution in [3.05, 3.63) is 58.8 Å². The Hall–Kier alpha value is -2.60. The summed E-state index contributed by atoms with van der Waals surface area (Å²) in [5.41, 5.74) is 1.77. The van der Waals surface area contributed by atoms with Crippen LogP contribution in [0.2, 0.25) is 0 Å². The van der Waals surface area contributed by atoms with Crippen LogP contribution in [0.1, 0.15) is 30.9 Å². The van der Waals surface area contributed by atoms with Gasteiger partial charge < -0.3 is 14.5 Å². The number of carbonyl (C=O) groups excluding carboxylic acids is 1. The number of nitrogens with one attached hydrogen (secondary N) is 1. The zero-order chi connectivity index (χ0) is 18.5. The van der Waals surface area contributed by atoms with Crippen LogP contribution in [0.4, 0.5) is 0 Å². The Morgan fingerprint density at radius 2 is 2.00 bits per heavy atom. The van der Waals surface area contributed by atoms with Crippen LogP contribution >= 0.6 is 11.3 Å². The van der Waals surface area contributed by atoms with Gasteiger partial charge in [-0.3, -0.25) is 4.79 Å². The topological polar surface area (TPSA) is 64.4 Å². The van der Waals surface area contributed by atoms with E-state index in [-0.39, 0.29) is 18.4 Å². The van der Waals surface area contributed by atoms with E-state index in [1.54, 1.807) is 0 Å². The minimum atomic E-state index is -0.0556. The number of thiazole rings is 1. The van der Waals surface area contributed by atoms with E-state index in [0.29, 0.717) is 6.54 Å². The number of hydrogen-bond acceptors (Lipinski definition) is 5. The van der Waals surface area contributed by atoms with Gasteiger partial charge in [0.2, 0.25) is 5.91 Å². The van der Waals surface area contributed by atoms with Gasteiger partial charge in [0, 0.05) is 11.9 Å². The third-order valence-electron chi connectivity index (χ3n) is 3.63. The Morgan fingerprint density at radius 1 is 1.23 bits per heavy atom. The van der Waals surface area contributed by atoms with Crippen LogP contribution in [0.15, 0.2) is 46.2 Å². The summed E-state index contributed by atoms with van der Waals surface area (Å²) in [4.78, 5) is 16.6. The lowest BCUT2D eigenvalue weighted by molar-refractivity contribution is -0.120. The highest BCUT2D eigenvalue weighted by atomic mass is 32.1. The second-order valence-corrected chi connectivity index (χ2v) is 7.18. The fraction of sp³-hybridized carbons (Fsp3) is 0.300. The van der Waals surface area contributed by atoms with Gasteiger partial charge in [-0.1, -0.05) is 12.1 Å². The Labute approximate surface area is 157 Å². The molecule has 0 bridgehead atoms. The van der Waals surface area contributed by atoms with Crippen LogP contribution < -0.4 is 10.1 Å². The quantitative estimate of drug-likeness (QED) is 0.671. The third kappa shape index (κ3) is 4.95. The number of ether oxygens (including phenoxy) is 1. The standard InChI is InChI=1S/C20H22N2O3S/c1-13(2)24-17-7-5-15(6-8-17)11-21-19(23)10-16-12-26-20(22-16)18-9-4-14(3)25-18/h4-9,12-13H,10-11H2,1-3H3,(H,21,23). The largest absolute Gasteiger partial charge is 0.491 e. The number of benzene rings is 1. The molecule has 2 aromatic heterocycles. The van der Waals surface area contributed by atoms with Gasteiger partial charge in [0.25, 0.3) is 0 Å². The van der Waals surface area contributed by atoms with Crippen molar-refractivity contribution < 1.29 is 13.9 Å². The molecule has 136 valence electrons. The third-order valence-corrected chi connectivity index (χ3v) is 4.54. The first-order valence-electron chi connectivity index (χ1n) is 8.53. The summed E-state index contributed by atoms with van der Waals surface area (Å²) in [6, 6.07) is 11.5. The maximum Gasteiger partial charge on any atom is 0.226 e. The van der Waals surface area contributed by atoms with E-state index in [0.717, 1.165) is 33.5 Å². The molecular formula is C20H22N2O3S. The van der Waals surface area contributed by atoms with E-state index < -0.39 is 0 Å². The van der Waals surface area contributed by atoms with Gasteiger partial charge in [-0.05, 0) is 50.6 Å². The van der Waals surface area contributed by atoms with Crippen LogP contribution in [0.25, 0.3) is 10.8 Å². The maximum atomic E-state index is 12.2. The summed E-state index contributed by atoms with van der Waals surface area (Å²) >= 11 is 1.48. The first kappa shape index (κ1) is 18.2. The Balaban J connectivity index is 1.50. The molecule has 5 nitrogen and oxygen atoms in total. The number of amides is 1. The molecule has 2 heterocycles. The summed E-state index contributed by atoms with van der Waals surface area (Å²) in [5.74, 6) is 2.36. The van der Waals surface area contributed by atoms with Crippen molar-refractivity contribution in [1.82, 2.24) is 10.3 Å². The maximum absolute atomic E-state index is 12.2. The zero-order valence-corrected chi connectivity index (χ0v) is 15.9. The second-order valence-electron chi connectivity index (χ2n) is 6.32. The average Bonchev–Trinajstić information content (AvgIpc) is 3.22. The van der Waals surface area contributed by atoms with Crippen LogP contribution in [-0.4, -0.2) is 17.0 Å². The normalized spacial score (nSPS) is 10.9. The van der Waals surface area contributed by atoms with Crippen LogP contribution in [0.5, 0.6) is 5.75 Å². The number of aryl methyl sites for hydroxylation is 1. The van der Waals surface area contributed by atoms with E-state index >= 15 is 0 Å². The van der Waals surface area contributed by atoms with Crippen molar-refractivity contribution >= 4 is 17.2 Å². The molecule has 0 saturated heterocycles. The van der Waals surface area contributed by atoms with E-state index in [1.807, 2.05) is 62.5 Å². The van der Waals surface area contributed by atoms with Crippen molar-refractivity contribution in [2.75, 3.05) is 0 Å². The first-order valence-corrected chi connectivity index (χ1v) is 9.41. The van der Waals surface area contributed by atoms with Crippen LogP contribution in [-0.2, 0) is 17.8 Å². The highest BCUT2D eigenvalue weighted by Crippen LogP contribution is 2.25. The molecule has 0 fully saturated rings. The Kier molecular flexibility index (Phi) is 5.73. The molecule has 0 atom stereocenters. The number of rotatable bonds is 7. The van der Waals surface area contributed by atoms with Crippen molar-refractivity contribution in [1.29, 1.82) is 0 Å². The smallest absolute Gasteiger partial charge is 0.226 e. The molecule has 0 unspecified atom stereocenters. The van der Waals surface area contributed by atoms with E-state index in [9.17, 15) is 4.79 Å². The molecule has 3 rings (SSSR count). The van der Waals surface area contributed by atoms with Gasteiger partial charge >= 0.3 is 0 Å². The predicted molar refractivity (Wildman–Crippen MR) is 102 cm³/mol. The van der Waals surface area contributed by atoms with Gasteiger partial charge in [-0.15, -0.1) is 11.3 Å². The molecule has 0 aliphatic carbocycles. The molecule has 1 aromatic carbocycles. The number of furan rings is 1. The molecule has 1 N–H and O–H groups in total. The summed E-state index contributed by atoms with van der Waals surface area (Å²) in [6.45, 7) is 6.36. The minimum absolute atomic E-state index is 0.0556. The number of nitrogens with zero attached hydrogens (tertiary/aromatic N) is 1. The van der Waals surface area contributed by atoms with Crippen molar-refractivity contribution in [3.63, 3.8) is 0 Å². The molecule has 0 radical (unpaired) electrons.